The molecular weight excluding hydrogens is 422 g/mol. The van der Waals surface area contributed by atoms with Crippen molar-refractivity contribution < 1.29 is 9.90 Å². The number of rotatable bonds is 5. The highest BCUT2D eigenvalue weighted by atomic mass is 35.5. The standard InChI is InChI=1S/C21H16ClN5O2S/c22-14-7-5-13(6-8-14)18-16(20(28)29)15(11-30-18)24-17(12-3-1-4-12)19-25-21-23-9-2-10-27(21)26-19/h2,5-11,24H,1,3-4H2,(H,28,29). The first-order chi connectivity index (χ1) is 14.6. The molecule has 1 aromatic carbocycles. The summed E-state index contributed by atoms with van der Waals surface area (Å²) in [5, 5.41) is 20.2. The fourth-order valence-electron chi connectivity index (χ4n) is 3.36. The zero-order chi connectivity index (χ0) is 20.7. The summed E-state index contributed by atoms with van der Waals surface area (Å²) >= 11 is 7.36. The van der Waals surface area contributed by atoms with E-state index in [-0.39, 0.29) is 5.56 Å². The molecule has 5 rings (SSSR count). The number of nitrogens with one attached hydrogen (secondary N) is 1. The van der Waals surface area contributed by atoms with E-state index in [1.165, 1.54) is 16.9 Å². The first-order valence-electron chi connectivity index (χ1n) is 9.37. The number of carbonyl (C=O) groups is 1. The average Bonchev–Trinajstić information content (AvgIpc) is 3.30. The Morgan fingerprint density at radius 2 is 2.03 bits per heavy atom. The van der Waals surface area contributed by atoms with Crippen LogP contribution in [0.4, 0.5) is 5.69 Å². The number of halogens is 1. The van der Waals surface area contributed by atoms with E-state index in [0.29, 0.717) is 27.2 Å². The minimum absolute atomic E-state index is 0.224. The Kier molecular flexibility index (Phi) is 4.72. The highest BCUT2D eigenvalue weighted by Crippen LogP contribution is 2.39. The lowest BCUT2D eigenvalue weighted by Crippen LogP contribution is -2.11. The number of thiophene rings is 1. The summed E-state index contributed by atoms with van der Waals surface area (Å²) in [7, 11) is 0. The molecule has 0 amide bonds. The van der Waals surface area contributed by atoms with Gasteiger partial charge >= 0.3 is 5.97 Å². The summed E-state index contributed by atoms with van der Waals surface area (Å²) in [5.41, 5.74) is 3.50. The molecule has 0 unspecified atom stereocenters. The van der Waals surface area contributed by atoms with Crippen molar-refractivity contribution in [2.45, 2.75) is 19.3 Å². The van der Waals surface area contributed by atoms with Crippen molar-refractivity contribution in [1.29, 1.82) is 0 Å². The minimum Gasteiger partial charge on any atom is -0.478 e. The third kappa shape index (κ3) is 3.34. The maximum atomic E-state index is 12.1. The van der Waals surface area contributed by atoms with Crippen molar-refractivity contribution in [2.75, 3.05) is 5.32 Å². The SMILES string of the molecule is O=C(O)c1c(NC(=C2CCC2)c2nc3ncccn3n2)csc1-c1ccc(Cl)cc1. The molecule has 7 nitrogen and oxygen atoms in total. The van der Waals surface area contributed by atoms with Gasteiger partial charge in [0.2, 0.25) is 0 Å². The van der Waals surface area contributed by atoms with Crippen LogP contribution >= 0.6 is 22.9 Å². The van der Waals surface area contributed by atoms with Gasteiger partial charge in [0.1, 0.15) is 5.56 Å². The molecule has 150 valence electrons. The van der Waals surface area contributed by atoms with Gasteiger partial charge in [-0.3, -0.25) is 0 Å². The minimum atomic E-state index is -0.994. The van der Waals surface area contributed by atoms with Gasteiger partial charge < -0.3 is 10.4 Å². The average molecular weight is 438 g/mol. The Balaban J connectivity index is 1.57. The molecule has 30 heavy (non-hydrogen) atoms. The van der Waals surface area contributed by atoms with Crippen LogP contribution in [-0.4, -0.2) is 30.7 Å². The normalized spacial score (nSPS) is 13.3. The van der Waals surface area contributed by atoms with Crippen LogP contribution in [-0.2, 0) is 0 Å². The summed E-state index contributed by atoms with van der Waals surface area (Å²) in [6.45, 7) is 0. The lowest BCUT2D eigenvalue weighted by molar-refractivity contribution is 0.0699. The van der Waals surface area contributed by atoms with Gasteiger partial charge in [0.05, 0.1) is 16.3 Å². The number of carboxylic acid groups (broad SMARTS) is 1. The highest BCUT2D eigenvalue weighted by molar-refractivity contribution is 7.14. The maximum Gasteiger partial charge on any atom is 0.339 e. The van der Waals surface area contributed by atoms with Gasteiger partial charge in [-0.1, -0.05) is 23.7 Å². The lowest BCUT2D eigenvalue weighted by atomic mass is 9.90. The number of benzene rings is 1. The molecule has 3 aromatic heterocycles. The van der Waals surface area contributed by atoms with Crippen LogP contribution in [0.5, 0.6) is 0 Å². The van der Waals surface area contributed by atoms with Crippen LogP contribution in [0.2, 0.25) is 5.02 Å². The van der Waals surface area contributed by atoms with Crippen molar-refractivity contribution in [2.24, 2.45) is 0 Å². The smallest absolute Gasteiger partial charge is 0.339 e. The predicted octanol–water partition coefficient (Wildman–Crippen LogP) is 5.21. The quantitative estimate of drug-likeness (QED) is 0.445. The molecule has 4 aromatic rings. The number of fused-ring (bicyclic) bond motifs is 1. The van der Waals surface area contributed by atoms with Gasteiger partial charge in [0.15, 0.2) is 5.82 Å². The van der Waals surface area contributed by atoms with E-state index in [4.69, 9.17) is 11.6 Å². The number of aromatic carboxylic acids is 1. The molecule has 3 heterocycles. The van der Waals surface area contributed by atoms with Crippen molar-refractivity contribution in [1.82, 2.24) is 19.6 Å². The zero-order valence-electron chi connectivity index (χ0n) is 15.7. The fourth-order valence-corrected chi connectivity index (χ4v) is 4.48. The lowest BCUT2D eigenvalue weighted by Gasteiger charge is -2.21. The second kappa shape index (κ2) is 7.55. The Labute approximate surface area is 180 Å². The van der Waals surface area contributed by atoms with Gasteiger partial charge in [-0.25, -0.2) is 14.3 Å². The summed E-state index contributed by atoms with van der Waals surface area (Å²) in [4.78, 5) is 21.6. The molecule has 9 heteroatoms. The van der Waals surface area contributed by atoms with Gasteiger partial charge in [-0.2, -0.15) is 4.98 Å². The predicted molar refractivity (Wildman–Crippen MR) is 117 cm³/mol. The molecule has 0 saturated heterocycles. The van der Waals surface area contributed by atoms with Crippen molar-refractivity contribution in [3.63, 3.8) is 0 Å². The molecule has 1 aliphatic rings. The van der Waals surface area contributed by atoms with Crippen LogP contribution in [0.15, 0.2) is 53.7 Å². The van der Waals surface area contributed by atoms with Gasteiger partial charge in [-0.05, 0) is 48.6 Å². The van der Waals surface area contributed by atoms with E-state index >= 15 is 0 Å². The fraction of sp³-hybridized carbons (Fsp3) is 0.143. The van der Waals surface area contributed by atoms with Crippen LogP contribution < -0.4 is 5.32 Å². The molecule has 0 atom stereocenters. The van der Waals surface area contributed by atoms with E-state index in [0.717, 1.165) is 30.5 Å². The van der Waals surface area contributed by atoms with Crippen molar-refractivity contribution in [3.05, 3.63) is 70.1 Å². The van der Waals surface area contributed by atoms with E-state index in [1.807, 2.05) is 17.5 Å². The Morgan fingerprint density at radius 1 is 1.23 bits per heavy atom. The van der Waals surface area contributed by atoms with Crippen LogP contribution in [0.3, 0.4) is 0 Å². The van der Waals surface area contributed by atoms with E-state index in [9.17, 15) is 9.90 Å². The summed E-state index contributed by atoms with van der Waals surface area (Å²) in [6, 6.07) is 8.94. The van der Waals surface area contributed by atoms with E-state index in [1.54, 1.807) is 35.1 Å². The van der Waals surface area contributed by atoms with Crippen molar-refractivity contribution >= 4 is 46.1 Å². The van der Waals surface area contributed by atoms with Gasteiger partial charge in [0, 0.05) is 22.8 Å². The maximum absolute atomic E-state index is 12.1. The molecule has 0 bridgehead atoms. The van der Waals surface area contributed by atoms with Gasteiger partial charge in [-0.15, -0.1) is 16.4 Å². The molecule has 1 saturated carbocycles. The summed E-state index contributed by atoms with van der Waals surface area (Å²) in [5.74, 6) is 0.0163. The van der Waals surface area contributed by atoms with Gasteiger partial charge in [0.25, 0.3) is 5.78 Å². The monoisotopic (exact) mass is 437 g/mol. The molecule has 0 radical (unpaired) electrons. The largest absolute Gasteiger partial charge is 0.478 e. The number of aromatic nitrogens is 4. The number of hydrogen-bond donors (Lipinski definition) is 2. The molecule has 1 aliphatic carbocycles. The molecular formula is C21H16ClN5O2S. The third-order valence-electron chi connectivity index (χ3n) is 5.02. The number of hydrogen-bond acceptors (Lipinski definition) is 6. The summed E-state index contributed by atoms with van der Waals surface area (Å²) in [6.07, 6.45) is 6.41. The molecule has 2 N–H and O–H groups in total. The second-order valence-electron chi connectivity index (χ2n) is 6.92. The molecule has 0 aliphatic heterocycles. The van der Waals surface area contributed by atoms with Crippen LogP contribution in [0, 0.1) is 0 Å². The topological polar surface area (TPSA) is 92.4 Å². The zero-order valence-corrected chi connectivity index (χ0v) is 17.2. The van der Waals surface area contributed by atoms with Crippen LogP contribution in [0.25, 0.3) is 21.9 Å². The van der Waals surface area contributed by atoms with E-state index < -0.39 is 5.97 Å². The van der Waals surface area contributed by atoms with Crippen molar-refractivity contribution in [3.8, 4) is 10.4 Å². The Morgan fingerprint density at radius 3 is 2.70 bits per heavy atom. The van der Waals surface area contributed by atoms with E-state index in [2.05, 4.69) is 20.4 Å². The number of anilines is 1. The first kappa shape index (κ1) is 18.8. The molecule has 1 fully saturated rings. The molecule has 0 spiro atoms. The highest BCUT2D eigenvalue weighted by Gasteiger charge is 2.25. The third-order valence-corrected chi connectivity index (χ3v) is 6.30. The Bertz CT molecular complexity index is 1250. The number of carboxylic acids is 1. The first-order valence-corrected chi connectivity index (χ1v) is 10.6. The second-order valence-corrected chi connectivity index (χ2v) is 8.24. The number of nitrogens with zero attached hydrogens (tertiary/aromatic N) is 4. The number of allylic oxidation sites excluding steroid dienone is 1. The summed E-state index contributed by atoms with van der Waals surface area (Å²) < 4.78 is 1.61. The Hall–Kier alpha value is -3.23. The van der Waals surface area contributed by atoms with Crippen LogP contribution in [0.1, 0.15) is 35.4 Å².